The average molecular weight is 199 g/mol. The predicted octanol–water partition coefficient (Wildman–Crippen LogP) is 0.640. The molecule has 0 aromatic carbocycles. The van der Waals surface area contributed by atoms with E-state index < -0.39 is 11.0 Å². The monoisotopic (exact) mass is 199 g/mol. The molecule has 0 aliphatic heterocycles. The largest absolute Gasteiger partial charge is 0.328 e. The van der Waals surface area contributed by atoms with Gasteiger partial charge in [-0.15, -0.1) is 15.0 Å². The van der Waals surface area contributed by atoms with Gasteiger partial charge in [0, 0.05) is 17.6 Å². The zero-order valence-corrected chi connectivity index (χ0v) is 6.73. The molecule has 1 aromatic rings. The van der Waals surface area contributed by atoms with Crippen molar-refractivity contribution in [2.45, 2.75) is 0 Å². The van der Waals surface area contributed by atoms with Crippen molar-refractivity contribution in [3.63, 3.8) is 0 Å². The lowest BCUT2D eigenvalue weighted by Crippen LogP contribution is -1.92. The fourth-order valence-electron chi connectivity index (χ4n) is 0.542. The zero-order valence-electron chi connectivity index (χ0n) is 6.73. The molecule has 0 fully saturated rings. The number of pyridine rings is 1. The maximum Gasteiger partial charge on any atom is 0.318 e. The number of hydrogen-bond acceptors (Lipinski definition) is 5. The molecule has 8 heteroatoms. The summed E-state index contributed by atoms with van der Waals surface area (Å²) in [5.74, 6) is -0.784. The minimum absolute atomic E-state index is 0.220. The van der Waals surface area contributed by atoms with Crippen LogP contribution < -0.4 is 0 Å². The van der Waals surface area contributed by atoms with E-state index in [1.54, 1.807) is 6.07 Å². The van der Waals surface area contributed by atoms with E-state index in [1.165, 1.54) is 18.5 Å². The van der Waals surface area contributed by atoms with E-state index >= 15 is 0 Å². The van der Waals surface area contributed by atoms with Crippen LogP contribution in [0.15, 0.2) is 29.7 Å². The summed E-state index contributed by atoms with van der Waals surface area (Å²) in [5, 5.41) is 15.9. The summed E-state index contributed by atoms with van der Waals surface area (Å²) < 4.78 is 0. The van der Waals surface area contributed by atoms with E-state index in [1.807, 2.05) is 0 Å². The third-order valence-electron chi connectivity index (χ3n) is 0.991. The average Bonchev–Trinajstić information content (AvgIpc) is 2.17. The Balaban J connectivity index is 0.000000364. The summed E-state index contributed by atoms with van der Waals surface area (Å²) in [6.45, 7) is 0. The molecule has 0 bridgehead atoms. The van der Waals surface area contributed by atoms with Crippen LogP contribution in [0.1, 0.15) is 10.4 Å². The molecule has 0 atom stereocenters. The molecular weight excluding hydrogens is 194 g/mol. The van der Waals surface area contributed by atoms with E-state index in [0.29, 0.717) is 0 Å². The molecule has 0 spiro atoms. The summed E-state index contributed by atoms with van der Waals surface area (Å²) in [5.41, 5.74) is 0.220. The van der Waals surface area contributed by atoms with E-state index in [-0.39, 0.29) is 5.56 Å². The van der Waals surface area contributed by atoms with Crippen LogP contribution in [0.25, 0.3) is 0 Å². The number of amides is 1. The first-order chi connectivity index (χ1) is 6.57. The molecule has 0 saturated carbocycles. The Morgan fingerprint density at radius 3 is 2.57 bits per heavy atom. The Morgan fingerprint density at radius 2 is 2.21 bits per heavy atom. The number of nitrogens with zero attached hydrogens (tertiary/aromatic N) is 3. The van der Waals surface area contributed by atoms with Crippen LogP contribution in [-0.4, -0.2) is 21.2 Å². The second-order valence-electron chi connectivity index (χ2n) is 1.88. The van der Waals surface area contributed by atoms with Gasteiger partial charge in [0.05, 0.1) is 5.56 Å². The second-order valence-corrected chi connectivity index (χ2v) is 1.88. The van der Waals surface area contributed by atoms with Crippen molar-refractivity contribution in [3.05, 3.63) is 45.1 Å². The Labute approximate surface area is 77.3 Å². The molecule has 0 saturated heterocycles. The highest BCUT2D eigenvalue weighted by Crippen LogP contribution is 1.96. The van der Waals surface area contributed by atoms with Gasteiger partial charge >= 0.3 is 5.91 Å². The molecule has 1 N–H and O–H groups in total. The lowest BCUT2D eigenvalue weighted by atomic mass is 10.3. The fraction of sp³-hybridized carbons (Fsp3) is 0. The first-order valence-corrected chi connectivity index (χ1v) is 3.19. The zero-order chi connectivity index (χ0) is 11.0. The molecule has 74 valence electrons. The molecule has 0 unspecified atom stereocenters. The highest BCUT2D eigenvalue weighted by molar-refractivity contribution is 5.94. The van der Waals surface area contributed by atoms with Crippen molar-refractivity contribution in [3.8, 4) is 0 Å². The Bertz CT molecular complexity index is 321. The Morgan fingerprint density at radius 1 is 1.64 bits per heavy atom. The summed E-state index contributed by atoms with van der Waals surface area (Å²) in [7, 11) is 0. The van der Waals surface area contributed by atoms with Gasteiger partial charge in [-0.3, -0.25) is 9.78 Å². The Hall–Kier alpha value is -2.38. The van der Waals surface area contributed by atoms with E-state index in [9.17, 15) is 9.70 Å². The van der Waals surface area contributed by atoms with Crippen LogP contribution in [0.3, 0.4) is 0 Å². The van der Waals surface area contributed by atoms with Crippen LogP contribution in [-0.2, 0) is 0 Å². The number of carbonyl (C=O) groups excluding carboxylic acids is 1. The molecule has 8 nitrogen and oxygen atoms in total. The van der Waals surface area contributed by atoms with Gasteiger partial charge in [-0.05, 0) is 12.1 Å². The van der Waals surface area contributed by atoms with Crippen LogP contribution in [0, 0.1) is 15.0 Å². The predicted molar refractivity (Wildman–Crippen MR) is 43.1 cm³/mol. The van der Waals surface area contributed by atoms with Crippen molar-refractivity contribution in [2.24, 2.45) is 5.18 Å². The minimum atomic E-state index is -1.50. The molecule has 1 amide bonds. The molecule has 1 heterocycles. The van der Waals surface area contributed by atoms with Crippen LogP contribution in [0.2, 0.25) is 0 Å². The highest BCUT2D eigenvalue weighted by Gasteiger charge is 2.02. The topological polar surface area (TPSA) is 123 Å². The maximum atomic E-state index is 10.5. The summed E-state index contributed by atoms with van der Waals surface area (Å²) >= 11 is 0. The minimum Gasteiger partial charge on any atom is -0.328 e. The standard InChI is InChI=1S/C6H4N2O2.HNO3/c9-6(8-10)5-2-1-3-7-4-5;2-1(3)4/h1-4H;(H,2,3,4). The third-order valence-corrected chi connectivity index (χ3v) is 0.991. The molecule has 1 rings (SSSR count). The van der Waals surface area contributed by atoms with Crippen molar-refractivity contribution >= 4 is 5.91 Å². The van der Waals surface area contributed by atoms with E-state index in [0.717, 1.165) is 0 Å². The van der Waals surface area contributed by atoms with Crippen molar-refractivity contribution in [1.82, 2.24) is 4.98 Å². The number of aromatic nitrogens is 1. The second kappa shape index (κ2) is 6.17. The SMILES string of the molecule is O=NC(=O)c1cccnc1.O=[N+]([O-])O. The molecular formula is C6H5N3O5. The normalized spacial score (nSPS) is 8.00. The van der Waals surface area contributed by atoms with Gasteiger partial charge in [-0.25, -0.2) is 0 Å². The van der Waals surface area contributed by atoms with Gasteiger partial charge in [0.25, 0.3) is 5.09 Å². The van der Waals surface area contributed by atoms with Crippen LogP contribution >= 0.6 is 0 Å². The molecule has 1 aromatic heterocycles. The molecule has 0 aliphatic carbocycles. The fourth-order valence-corrected chi connectivity index (χ4v) is 0.542. The summed E-state index contributed by atoms with van der Waals surface area (Å²) in [4.78, 5) is 32.2. The van der Waals surface area contributed by atoms with E-state index in [4.69, 9.17) is 15.3 Å². The summed E-state index contributed by atoms with van der Waals surface area (Å²) in [6.07, 6.45) is 2.81. The summed E-state index contributed by atoms with van der Waals surface area (Å²) in [6, 6.07) is 3.05. The van der Waals surface area contributed by atoms with Gasteiger partial charge in [0.1, 0.15) is 0 Å². The van der Waals surface area contributed by atoms with Gasteiger partial charge in [0.2, 0.25) is 0 Å². The van der Waals surface area contributed by atoms with Gasteiger partial charge in [-0.2, -0.15) is 0 Å². The number of hydrogen-bond donors (Lipinski definition) is 1. The number of rotatable bonds is 1. The van der Waals surface area contributed by atoms with Crippen LogP contribution in [0.4, 0.5) is 0 Å². The first-order valence-electron chi connectivity index (χ1n) is 3.19. The highest BCUT2D eigenvalue weighted by atomic mass is 16.9. The smallest absolute Gasteiger partial charge is 0.318 e. The van der Waals surface area contributed by atoms with Gasteiger partial charge < -0.3 is 5.21 Å². The molecule has 14 heavy (non-hydrogen) atoms. The molecule has 0 aliphatic rings. The Kier molecular flexibility index (Phi) is 5.12. The van der Waals surface area contributed by atoms with Crippen molar-refractivity contribution < 1.29 is 15.1 Å². The maximum absolute atomic E-state index is 10.5. The first kappa shape index (κ1) is 11.6. The lowest BCUT2D eigenvalue weighted by Gasteiger charge is -1.86. The van der Waals surface area contributed by atoms with Crippen molar-refractivity contribution in [2.75, 3.05) is 0 Å². The van der Waals surface area contributed by atoms with Crippen molar-refractivity contribution in [1.29, 1.82) is 0 Å². The van der Waals surface area contributed by atoms with Gasteiger partial charge in [-0.1, -0.05) is 0 Å². The van der Waals surface area contributed by atoms with Gasteiger partial charge in [0.15, 0.2) is 0 Å². The lowest BCUT2D eigenvalue weighted by molar-refractivity contribution is -0.742. The quantitative estimate of drug-likeness (QED) is 0.402. The van der Waals surface area contributed by atoms with Crippen LogP contribution in [0.5, 0.6) is 0 Å². The third kappa shape index (κ3) is 5.29. The number of carbonyl (C=O) groups is 1. The number of nitroso groups, excluding NO2 is 1. The molecule has 0 radical (unpaired) electrons. The van der Waals surface area contributed by atoms with E-state index in [2.05, 4.69) is 10.2 Å².